The largest absolute Gasteiger partial charge is 0.329 e. The molecule has 0 aromatic carbocycles. The van der Waals surface area contributed by atoms with Crippen molar-refractivity contribution < 1.29 is 9.13 Å². The Balaban J connectivity index is 3.74. The number of nitrogens with two attached hydrogens (primary N) is 1. The summed E-state index contributed by atoms with van der Waals surface area (Å²) in [4.78, 5) is 2.26. The Morgan fingerprint density at radius 1 is 1.62 bits per heavy atom. The molecule has 8 heavy (non-hydrogen) atoms. The molecule has 46 valence electrons. The van der Waals surface area contributed by atoms with E-state index < -0.39 is 15.2 Å². The molecule has 0 fully saturated rings. The van der Waals surface area contributed by atoms with Crippen LogP contribution >= 0.6 is 15.2 Å². The van der Waals surface area contributed by atoms with E-state index in [2.05, 4.69) is 4.86 Å². The molecule has 0 radical (unpaired) electrons. The summed E-state index contributed by atoms with van der Waals surface area (Å²) in [5.41, 5.74) is 4.84. The molecule has 0 aromatic heterocycles. The normalized spacial score (nSPS) is 15.6. The Labute approximate surface area is 50.6 Å². The van der Waals surface area contributed by atoms with Gasteiger partial charge in [-0.2, -0.15) is 0 Å². The standard InChI is InChI=1S/B2H8N2O2P2/c1-8(2,6)4-7(3)5/h7H,1-2H2,(H3,3,4,5,6). The van der Waals surface area contributed by atoms with Crippen LogP contribution in [0.5, 0.6) is 0 Å². The highest BCUT2D eigenvalue weighted by atomic mass is 31.2. The van der Waals surface area contributed by atoms with Gasteiger partial charge in [0.15, 0.2) is 15.1 Å². The van der Waals surface area contributed by atoms with Crippen LogP contribution in [0.25, 0.3) is 0 Å². The summed E-state index contributed by atoms with van der Waals surface area (Å²) in [6, 6.07) is 0. The van der Waals surface area contributed by atoms with Crippen LogP contribution in [0.4, 0.5) is 0 Å². The lowest BCUT2D eigenvalue weighted by Gasteiger charge is -2.04. The predicted octanol–water partition coefficient (Wildman–Crippen LogP) is -1.70. The molecular weight excluding hydrogens is 144 g/mol. The van der Waals surface area contributed by atoms with Crippen LogP contribution in [0.2, 0.25) is 0 Å². The number of nitrogens with one attached hydrogen (secondary N) is 1. The molecule has 8 heteroatoms. The van der Waals surface area contributed by atoms with Crippen LogP contribution in [0.3, 0.4) is 0 Å². The summed E-state index contributed by atoms with van der Waals surface area (Å²) in [5.74, 6) is 0. The number of rotatable bonds is 2. The molecule has 0 bridgehead atoms. The molecule has 0 rings (SSSR count). The topological polar surface area (TPSA) is 72.2 Å². The maximum Gasteiger partial charge on any atom is 0.201 e. The third-order valence-corrected chi connectivity index (χ3v) is 3.41. The van der Waals surface area contributed by atoms with Crippen LogP contribution in [0.15, 0.2) is 0 Å². The van der Waals surface area contributed by atoms with Crippen LogP contribution in [-0.4, -0.2) is 15.1 Å². The van der Waals surface area contributed by atoms with Gasteiger partial charge in [0.25, 0.3) is 0 Å². The van der Waals surface area contributed by atoms with Crippen molar-refractivity contribution >= 4 is 30.3 Å². The lowest BCUT2D eigenvalue weighted by atomic mass is 10.7. The predicted molar refractivity (Wildman–Crippen MR) is 41.0 cm³/mol. The van der Waals surface area contributed by atoms with E-state index in [1.807, 2.05) is 0 Å². The van der Waals surface area contributed by atoms with Gasteiger partial charge in [0.2, 0.25) is 8.10 Å². The zero-order valence-electron chi connectivity index (χ0n) is 4.84. The third-order valence-electron chi connectivity index (χ3n) is 0.379. The van der Waals surface area contributed by atoms with E-state index in [0.717, 1.165) is 0 Å². The van der Waals surface area contributed by atoms with Crippen LogP contribution in [0, 0.1) is 0 Å². The molecule has 1 atom stereocenters. The highest BCUT2D eigenvalue weighted by molar-refractivity contribution is 8.06. The van der Waals surface area contributed by atoms with Crippen molar-refractivity contribution in [2.75, 3.05) is 0 Å². The molecule has 0 spiro atoms. The highest BCUT2D eigenvalue weighted by Gasteiger charge is 2.05. The van der Waals surface area contributed by atoms with Crippen LogP contribution in [-0.2, 0) is 9.13 Å². The number of hydrogen-bond acceptors (Lipinski definition) is 2. The van der Waals surface area contributed by atoms with Crippen molar-refractivity contribution in [2.24, 2.45) is 5.50 Å². The van der Waals surface area contributed by atoms with E-state index in [1.165, 1.54) is 15.1 Å². The van der Waals surface area contributed by atoms with Gasteiger partial charge in [-0.15, -0.1) is 0 Å². The first-order valence-corrected chi connectivity index (χ1v) is 6.13. The molecule has 0 aliphatic heterocycles. The van der Waals surface area contributed by atoms with Crippen molar-refractivity contribution in [3.8, 4) is 0 Å². The van der Waals surface area contributed by atoms with Crippen molar-refractivity contribution in [3.63, 3.8) is 0 Å². The highest BCUT2D eigenvalue weighted by Crippen LogP contribution is 2.32. The van der Waals surface area contributed by atoms with Crippen molar-refractivity contribution in [1.82, 2.24) is 4.86 Å². The van der Waals surface area contributed by atoms with Gasteiger partial charge in [0.1, 0.15) is 0 Å². The zero-order valence-corrected chi connectivity index (χ0v) is 6.74. The Kier molecular flexibility index (Phi) is 3.06. The monoisotopic (exact) mass is 152 g/mol. The zero-order chi connectivity index (χ0) is 6.78. The molecule has 0 amide bonds. The summed E-state index contributed by atoms with van der Waals surface area (Å²) >= 11 is 0. The minimum absolute atomic E-state index is 1.47. The molecule has 0 heterocycles. The fourth-order valence-electron chi connectivity index (χ4n) is 0.265. The Bertz CT molecular complexity index is 139. The van der Waals surface area contributed by atoms with Crippen molar-refractivity contribution in [3.05, 3.63) is 0 Å². The Hall–Kier alpha value is 0.510. The van der Waals surface area contributed by atoms with Gasteiger partial charge >= 0.3 is 0 Å². The van der Waals surface area contributed by atoms with E-state index in [4.69, 9.17) is 5.50 Å². The lowest BCUT2D eigenvalue weighted by molar-refractivity contribution is 0.579. The quantitative estimate of drug-likeness (QED) is 0.365. The Morgan fingerprint density at radius 3 is 2.00 bits per heavy atom. The molecule has 4 nitrogen and oxygen atoms in total. The summed E-state index contributed by atoms with van der Waals surface area (Å²) in [5, 5.41) is 0. The minimum atomic E-state index is -2.36. The molecule has 1 unspecified atom stereocenters. The summed E-state index contributed by atoms with van der Waals surface area (Å²) in [7, 11) is -1.67. The van der Waals surface area contributed by atoms with Gasteiger partial charge in [-0.1, -0.05) is 0 Å². The maximum absolute atomic E-state index is 10.7. The molecule has 3 N–H and O–H groups in total. The second-order valence-electron chi connectivity index (χ2n) is 1.83. The molecule has 0 saturated heterocycles. The number of hydrogen-bond donors (Lipinski definition) is 2. The second kappa shape index (κ2) is 2.88. The minimum Gasteiger partial charge on any atom is -0.329 e. The van der Waals surface area contributed by atoms with Gasteiger partial charge in [-0.3, -0.25) is 10.1 Å². The van der Waals surface area contributed by atoms with Crippen molar-refractivity contribution in [2.45, 2.75) is 0 Å². The third kappa shape index (κ3) is 6.51. The molecule has 0 aliphatic carbocycles. The van der Waals surface area contributed by atoms with Gasteiger partial charge in [-0.25, -0.2) is 4.86 Å². The average Bonchev–Trinajstić information content (AvgIpc) is 1.21. The first-order valence-electron chi connectivity index (χ1n) is 2.04. The Morgan fingerprint density at radius 2 is 2.00 bits per heavy atom. The van der Waals surface area contributed by atoms with E-state index in [1.54, 1.807) is 0 Å². The maximum atomic E-state index is 10.7. The van der Waals surface area contributed by atoms with Gasteiger partial charge in [0.05, 0.1) is 7.05 Å². The van der Waals surface area contributed by atoms with Gasteiger partial charge in [0, 0.05) is 0 Å². The average molecular weight is 152 g/mol. The van der Waals surface area contributed by atoms with E-state index in [9.17, 15) is 9.13 Å². The molecule has 0 aliphatic rings. The summed E-state index contributed by atoms with van der Waals surface area (Å²) in [6.07, 6.45) is 0. The lowest BCUT2D eigenvalue weighted by Crippen LogP contribution is -2.03. The van der Waals surface area contributed by atoms with Gasteiger partial charge < -0.3 is 4.57 Å². The van der Waals surface area contributed by atoms with Crippen LogP contribution in [0.1, 0.15) is 0 Å². The smallest absolute Gasteiger partial charge is 0.201 e. The van der Waals surface area contributed by atoms with E-state index in [0.29, 0.717) is 0 Å². The first kappa shape index (κ1) is 8.51. The fraction of sp³-hybridized carbons (Fsp3) is 0. The van der Waals surface area contributed by atoms with E-state index >= 15 is 0 Å². The van der Waals surface area contributed by atoms with Crippen molar-refractivity contribution in [1.29, 1.82) is 0 Å². The second-order valence-corrected chi connectivity index (χ2v) is 6.15. The summed E-state index contributed by atoms with van der Waals surface area (Å²) in [6.45, 7) is 0. The molecule has 0 saturated carbocycles. The summed E-state index contributed by atoms with van der Waals surface area (Å²) < 4.78 is 20.8. The molecule has 0 aromatic rings. The van der Waals surface area contributed by atoms with Crippen LogP contribution < -0.4 is 10.4 Å². The SMILES string of the molecule is BP(B)(=O)N[PH](N)=O. The van der Waals surface area contributed by atoms with Gasteiger partial charge in [-0.05, 0) is 0 Å². The molecular formula is H8B2N2O2P2. The van der Waals surface area contributed by atoms with E-state index in [-0.39, 0.29) is 0 Å². The fourth-order valence-corrected chi connectivity index (χ4v) is 2.39. The first-order chi connectivity index (χ1) is 3.42.